The molecule has 2 nitrogen and oxygen atoms in total. The smallest absolute Gasteiger partial charge is 0.119 e. The van der Waals surface area contributed by atoms with Crippen LogP contribution in [-0.4, -0.2) is 6.10 Å². The van der Waals surface area contributed by atoms with Crippen LogP contribution in [-0.2, 0) is 0 Å². The lowest BCUT2D eigenvalue weighted by atomic mass is 10.00. The van der Waals surface area contributed by atoms with E-state index >= 15 is 0 Å². The van der Waals surface area contributed by atoms with E-state index in [2.05, 4.69) is 0 Å². The number of halogens is 1. The molecule has 19 heavy (non-hydrogen) atoms. The van der Waals surface area contributed by atoms with Gasteiger partial charge in [-0.2, -0.15) is 0 Å². The van der Waals surface area contributed by atoms with Gasteiger partial charge in [-0.15, -0.1) is 0 Å². The SMILES string of the molecule is CC(C)Oc1ccc(C(N)c2cccc(Cl)c2)cc1. The molecule has 0 aliphatic heterocycles. The molecular formula is C16H18ClNO. The van der Waals surface area contributed by atoms with Gasteiger partial charge in [0.05, 0.1) is 12.1 Å². The molecule has 0 saturated carbocycles. The number of hydrogen-bond donors (Lipinski definition) is 1. The summed E-state index contributed by atoms with van der Waals surface area (Å²) in [7, 11) is 0. The fourth-order valence-electron chi connectivity index (χ4n) is 1.92. The van der Waals surface area contributed by atoms with Crippen molar-refractivity contribution in [2.45, 2.75) is 26.0 Å². The van der Waals surface area contributed by atoms with Crippen LogP contribution in [0.3, 0.4) is 0 Å². The Bertz CT molecular complexity index is 537. The van der Waals surface area contributed by atoms with Crippen LogP contribution in [0.25, 0.3) is 0 Å². The third kappa shape index (κ3) is 3.72. The second-order valence-corrected chi connectivity index (χ2v) is 5.20. The van der Waals surface area contributed by atoms with E-state index in [9.17, 15) is 0 Å². The highest BCUT2D eigenvalue weighted by molar-refractivity contribution is 6.30. The van der Waals surface area contributed by atoms with Gasteiger partial charge in [0.2, 0.25) is 0 Å². The lowest BCUT2D eigenvalue weighted by Gasteiger charge is -2.14. The molecule has 2 N–H and O–H groups in total. The first-order chi connectivity index (χ1) is 9.06. The monoisotopic (exact) mass is 275 g/mol. The van der Waals surface area contributed by atoms with E-state index < -0.39 is 0 Å². The Morgan fingerprint density at radius 2 is 1.68 bits per heavy atom. The third-order valence-corrected chi connectivity index (χ3v) is 3.05. The summed E-state index contributed by atoms with van der Waals surface area (Å²) in [5.74, 6) is 0.858. The molecule has 0 radical (unpaired) electrons. The number of hydrogen-bond acceptors (Lipinski definition) is 2. The fourth-order valence-corrected chi connectivity index (χ4v) is 2.12. The molecule has 2 aromatic carbocycles. The van der Waals surface area contributed by atoms with Gasteiger partial charge in [0, 0.05) is 5.02 Å². The Morgan fingerprint density at radius 1 is 1.00 bits per heavy atom. The largest absolute Gasteiger partial charge is 0.491 e. The minimum absolute atomic E-state index is 0.174. The topological polar surface area (TPSA) is 35.2 Å². The lowest BCUT2D eigenvalue weighted by molar-refractivity contribution is 0.242. The number of nitrogens with two attached hydrogens (primary N) is 1. The van der Waals surface area contributed by atoms with E-state index in [0.29, 0.717) is 5.02 Å². The minimum atomic E-state index is -0.174. The molecule has 0 aliphatic rings. The zero-order valence-corrected chi connectivity index (χ0v) is 11.9. The molecule has 0 aromatic heterocycles. The minimum Gasteiger partial charge on any atom is -0.491 e. The van der Waals surface area contributed by atoms with Crippen LogP contribution < -0.4 is 10.5 Å². The summed E-state index contributed by atoms with van der Waals surface area (Å²) in [6.07, 6.45) is 0.174. The van der Waals surface area contributed by atoms with Gasteiger partial charge in [0.25, 0.3) is 0 Å². The zero-order valence-electron chi connectivity index (χ0n) is 11.1. The molecule has 0 fully saturated rings. The number of rotatable bonds is 4. The highest BCUT2D eigenvalue weighted by Gasteiger charge is 2.09. The highest BCUT2D eigenvalue weighted by Crippen LogP contribution is 2.24. The molecule has 0 aliphatic carbocycles. The van der Waals surface area contributed by atoms with Gasteiger partial charge in [-0.1, -0.05) is 35.9 Å². The van der Waals surface area contributed by atoms with Crippen LogP contribution in [0.5, 0.6) is 5.75 Å². The zero-order chi connectivity index (χ0) is 13.8. The van der Waals surface area contributed by atoms with Gasteiger partial charge in [-0.3, -0.25) is 0 Å². The molecule has 3 heteroatoms. The molecule has 0 heterocycles. The molecule has 2 rings (SSSR count). The van der Waals surface area contributed by atoms with Crippen LogP contribution in [0.4, 0.5) is 0 Å². The molecule has 100 valence electrons. The Balaban J connectivity index is 2.17. The summed E-state index contributed by atoms with van der Waals surface area (Å²) in [5, 5.41) is 0.702. The van der Waals surface area contributed by atoms with E-state index in [1.807, 2.05) is 62.4 Å². The highest BCUT2D eigenvalue weighted by atomic mass is 35.5. The first-order valence-electron chi connectivity index (χ1n) is 6.34. The normalized spacial score (nSPS) is 12.5. The van der Waals surface area contributed by atoms with Gasteiger partial charge in [-0.05, 0) is 49.2 Å². The van der Waals surface area contributed by atoms with Crippen molar-refractivity contribution >= 4 is 11.6 Å². The van der Waals surface area contributed by atoms with E-state index in [0.717, 1.165) is 16.9 Å². The molecule has 1 atom stereocenters. The maximum Gasteiger partial charge on any atom is 0.119 e. The molecule has 1 unspecified atom stereocenters. The Kier molecular flexibility index (Phi) is 4.46. The lowest BCUT2D eigenvalue weighted by Crippen LogP contribution is -2.12. The second-order valence-electron chi connectivity index (χ2n) is 4.77. The summed E-state index contributed by atoms with van der Waals surface area (Å²) in [4.78, 5) is 0. The van der Waals surface area contributed by atoms with Crippen molar-refractivity contribution in [2.24, 2.45) is 5.73 Å². The first-order valence-corrected chi connectivity index (χ1v) is 6.71. The molecule has 0 spiro atoms. The van der Waals surface area contributed by atoms with Gasteiger partial charge in [-0.25, -0.2) is 0 Å². The third-order valence-electron chi connectivity index (χ3n) is 2.82. The summed E-state index contributed by atoms with van der Waals surface area (Å²) in [6, 6.07) is 15.3. The van der Waals surface area contributed by atoms with E-state index in [-0.39, 0.29) is 12.1 Å². The predicted octanol–water partition coefficient (Wildman–Crippen LogP) is 4.18. The van der Waals surface area contributed by atoms with E-state index in [1.165, 1.54) is 0 Å². The quantitative estimate of drug-likeness (QED) is 0.909. The standard InChI is InChI=1S/C16H18ClNO/c1-11(2)19-15-8-6-12(7-9-15)16(18)13-4-3-5-14(17)10-13/h3-11,16H,18H2,1-2H3. The van der Waals surface area contributed by atoms with Gasteiger partial charge < -0.3 is 10.5 Å². The summed E-state index contributed by atoms with van der Waals surface area (Å²) in [5.41, 5.74) is 8.28. The van der Waals surface area contributed by atoms with Crippen LogP contribution in [0.1, 0.15) is 31.0 Å². The van der Waals surface area contributed by atoms with Gasteiger partial charge in [0.15, 0.2) is 0 Å². The Labute approximate surface area is 119 Å². The summed E-state index contributed by atoms with van der Waals surface area (Å²) < 4.78 is 5.61. The maximum atomic E-state index is 6.24. The van der Waals surface area contributed by atoms with Gasteiger partial charge in [0.1, 0.15) is 5.75 Å². The molecular weight excluding hydrogens is 258 g/mol. The van der Waals surface area contributed by atoms with Crippen molar-refractivity contribution in [3.05, 3.63) is 64.7 Å². The van der Waals surface area contributed by atoms with Crippen molar-refractivity contribution in [1.29, 1.82) is 0 Å². The van der Waals surface area contributed by atoms with Crippen molar-refractivity contribution in [3.8, 4) is 5.75 Å². The maximum absolute atomic E-state index is 6.24. The van der Waals surface area contributed by atoms with Crippen LogP contribution in [0, 0.1) is 0 Å². The predicted molar refractivity (Wildman–Crippen MR) is 79.7 cm³/mol. The van der Waals surface area contributed by atoms with E-state index in [4.69, 9.17) is 22.1 Å². The average Bonchev–Trinajstić information content (AvgIpc) is 2.38. The van der Waals surface area contributed by atoms with Crippen LogP contribution in [0.2, 0.25) is 5.02 Å². The van der Waals surface area contributed by atoms with Crippen molar-refractivity contribution < 1.29 is 4.74 Å². The number of benzene rings is 2. The van der Waals surface area contributed by atoms with Crippen molar-refractivity contribution in [3.63, 3.8) is 0 Å². The molecule has 0 amide bonds. The molecule has 2 aromatic rings. The van der Waals surface area contributed by atoms with Crippen LogP contribution >= 0.6 is 11.6 Å². The van der Waals surface area contributed by atoms with Crippen LogP contribution in [0.15, 0.2) is 48.5 Å². The Morgan fingerprint density at radius 3 is 2.26 bits per heavy atom. The molecule has 0 bridgehead atoms. The first kappa shape index (κ1) is 13.9. The van der Waals surface area contributed by atoms with E-state index in [1.54, 1.807) is 0 Å². The fraction of sp³-hybridized carbons (Fsp3) is 0.250. The Hall–Kier alpha value is -1.51. The van der Waals surface area contributed by atoms with Gasteiger partial charge >= 0.3 is 0 Å². The number of ether oxygens (including phenoxy) is 1. The molecule has 0 saturated heterocycles. The summed E-state index contributed by atoms with van der Waals surface area (Å²) in [6.45, 7) is 4.01. The van der Waals surface area contributed by atoms with Crippen molar-refractivity contribution in [2.75, 3.05) is 0 Å². The van der Waals surface area contributed by atoms with Crippen molar-refractivity contribution in [1.82, 2.24) is 0 Å². The second kappa shape index (κ2) is 6.09. The summed E-state index contributed by atoms with van der Waals surface area (Å²) >= 11 is 5.98. The average molecular weight is 276 g/mol.